The molecule has 0 aromatic carbocycles. The molecule has 1 rings (SSSR count). The number of unbranched alkanes of at least 4 members (excludes halogenated alkanes) is 14. The maximum Gasteiger partial charge on any atom is 0.407 e. The third kappa shape index (κ3) is 63.7. The summed E-state index contributed by atoms with van der Waals surface area (Å²) < 4.78 is 37.7. The quantitative estimate of drug-likeness (QED) is 0.0201. The van der Waals surface area contributed by atoms with E-state index >= 15 is 0 Å². The molecule has 80 heavy (non-hydrogen) atoms. The van der Waals surface area contributed by atoms with Crippen LogP contribution in [0.3, 0.4) is 0 Å². The van der Waals surface area contributed by atoms with Crippen LogP contribution >= 0.6 is 0 Å². The maximum absolute atomic E-state index is 12.9. The highest BCUT2D eigenvalue weighted by Crippen LogP contribution is 2.17. The number of esters is 4. The molecule has 3 atom stereocenters. The third-order valence-corrected chi connectivity index (χ3v) is 13.3. The van der Waals surface area contributed by atoms with Gasteiger partial charge >= 0.3 is 30.0 Å². The van der Waals surface area contributed by atoms with Crippen LogP contribution in [0.15, 0.2) is 23.3 Å². The number of nitrogens with zero attached hydrogens (tertiary/aromatic N) is 1. The maximum atomic E-state index is 12.9. The van der Waals surface area contributed by atoms with E-state index in [0.29, 0.717) is 71.3 Å². The summed E-state index contributed by atoms with van der Waals surface area (Å²) in [6, 6.07) is 0. The molecule has 0 bridgehead atoms. The lowest BCUT2D eigenvalue weighted by molar-refractivity contribution is -0.154. The van der Waals surface area contributed by atoms with Crippen LogP contribution in [0.25, 0.3) is 0 Å². The van der Waals surface area contributed by atoms with Crippen LogP contribution in [0.1, 0.15) is 284 Å². The van der Waals surface area contributed by atoms with E-state index in [-0.39, 0.29) is 59.2 Å². The van der Waals surface area contributed by atoms with Crippen molar-refractivity contribution in [3.05, 3.63) is 23.3 Å². The number of allylic oxidation sites excluding steroid dienone is 4. The molecule has 3 unspecified atom stereocenters. The number of likely N-dealkylation sites (tertiary alicyclic amines) is 1. The molecular weight excluding hydrogens is 1010 g/mol. The van der Waals surface area contributed by atoms with Gasteiger partial charge in [0.2, 0.25) is 0 Å². The van der Waals surface area contributed by atoms with Gasteiger partial charge in [-0.3, -0.25) is 19.2 Å². The van der Waals surface area contributed by atoms with Crippen molar-refractivity contribution in [2.75, 3.05) is 72.6 Å². The van der Waals surface area contributed by atoms with Crippen molar-refractivity contribution in [3.8, 4) is 0 Å². The number of carbonyl (C=O) groups excluding carboxylic acids is 5. The number of hydrogen-bond donors (Lipinski definition) is 1. The number of rotatable bonds is 47. The topological polar surface area (TPSA) is 165 Å². The zero-order valence-electron chi connectivity index (χ0n) is 53.9. The summed E-state index contributed by atoms with van der Waals surface area (Å²) in [5.41, 5.74) is 2.90. The first-order valence-corrected chi connectivity index (χ1v) is 32.3. The van der Waals surface area contributed by atoms with Crippen molar-refractivity contribution >= 4 is 30.0 Å². The molecule has 0 saturated carbocycles. The van der Waals surface area contributed by atoms with Crippen LogP contribution in [-0.2, 0) is 52.3 Å². The Morgan fingerprint density at radius 2 is 0.988 bits per heavy atom. The number of ether oxygens (including phenoxy) is 7. The summed E-state index contributed by atoms with van der Waals surface area (Å²) in [4.78, 5) is 64.2. The SMILES string of the molecule is CCCCC.CCCCC=C(C)C.CCCCCC(C)CCC=C(C)C.CCCCCCC(CCC(=O)OCC(COC(=O)CCCCCCOCOCC)COC(=O)CCCCCC(=O)OCC)OC(=O)NCCN1CCCC1.[HH]. The minimum Gasteiger partial charge on any atom is -0.466 e. The van der Waals surface area contributed by atoms with E-state index < -0.39 is 30.1 Å². The van der Waals surface area contributed by atoms with Gasteiger partial charge in [-0.1, -0.05) is 161 Å². The molecule has 0 aromatic heterocycles. The van der Waals surface area contributed by atoms with Crippen molar-refractivity contribution in [2.24, 2.45) is 11.8 Å². The molecule has 0 radical (unpaired) electrons. The molecule has 0 aliphatic carbocycles. The van der Waals surface area contributed by atoms with E-state index in [2.05, 4.69) is 91.6 Å². The molecule has 1 fully saturated rings. The van der Waals surface area contributed by atoms with Gasteiger partial charge in [0.15, 0.2) is 0 Å². The Morgan fingerprint density at radius 1 is 0.500 bits per heavy atom. The molecule has 0 spiro atoms. The van der Waals surface area contributed by atoms with E-state index in [0.717, 1.165) is 70.5 Å². The first-order valence-electron chi connectivity index (χ1n) is 32.3. The second kappa shape index (κ2) is 63.1. The Kier molecular flexibility index (Phi) is 63.7. The van der Waals surface area contributed by atoms with Crippen LogP contribution in [0.2, 0.25) is 0 Å². The van der Waals surface area contributed by atoms with E-state index in [1.54, 1.807) is 6.92 Å². The standard InChI is InChI=1S/C40H72N2O12.C13H26.C8H16.C5H12.H2/c1-4-7-8-12-19-35(54-40(47)41-25-28-42-26-16-17-27-42)23-24-39(46)53-32-34(31-52-38(45)22-15-11-14-20-36(43)50-6-3)30-51-37(44)21-13-9-10-18-29-49-33-48-5-2;1-5-6-7-10-13(4)11-8-9-12(2)3;1-4-5-6-7-8(2)3;1-3-5-4-2;/h34-35H,4-33H2,1-3H3,(H,41,47);9,13H,5-8,10-11H2,1-4H3;7H,4-6H2,1-3H3;3-5H2,1-2H3;1H. The molecule has 1 amide bonds. The normalized spacial score (nSPS) is 12.8. The van der Waals surface area contributed by atoms with E-state index in [4.69, 9.17) is 33.2 Å². The van der Waals surface area contributed by atoms with Crippen LogP contribution < -0.4 is 5.32 Å². The van der Waals surface area contributed by atoms with Crippen LogP contribution in [0, 0.1) is 11.8 Å². The summed E-state index contributed by atoms with van der Waals surface area (Å²) >= 11 is 0. The Balaban J connectivity index is -0.000000895. The van der Waals surface area contributed by atoms with Crippen molar-refractivity contribution < 1.29 is 58.6 Å². The van der Waals surface area contributed by atoms with E-state index in [9.17, 15) is 24.0 Å². The van der Waals surface area contributed by atoms with Gasteiger partial charge in [0.1, 0.15) is 32.7 Å². The average Bonchev–Trinajstić information content (AvgIpc) is 3.95. The highest BCUT2D eigenvalue weighted by Gasteiger charge is 2.21. The molecule has 1 saturated heterocycles. The molecule has 474 valence electrons. The lowest BCUT2D eigenvalue weighted by Gasteiger charge is -2.20. The van der Waals surface area contributed by atoms with Crippen molar-refractivity contribution in [2.45, 2.75) is 288 Å². The van der Waals surface area contributed by atoms with Crippen LogP contribution in [-0.4, -0.2) is 114 Å². The zero-order chi connectivity index (χ0) is 60.1. The van der Waals surface area contributed by atoms with Gasteiger partial charge in [0.25, 0.3) is 0 Å². The van der Waals surface area contributed by atoms with Gasteiger partial charge in [0, 0.05) is 53.4 Å². The van der Waals surface area contributed by atoms with Gasteiger partial charge in [0.05, 0.1) is 12.5 Å². The Labute approximate surface area is 492 Å². The molecule has 0 aromatic rings. The third-order valence-electron chi connectivity index (χ3n) is 13.3. The predicted octanol–water partition coefficient (Wildman–Crippen LogP) is 17.2. The number of amides is 1. The van der Waals surface area contributed by atoms with Crippen molar-refractivity contribution in [3.63, 3.8) is 0 Å². The summed E-state index contributed by atoms with van der Waals surface area (Å²) in [5, 5.41) is 2.84. The second-order valence-electron chi connectivity index (χ2n) is 22.1. The first-order chi connectivity index (χ1) is 38.6. The van der Waals surface area contributed by atoms with Gasteiger partial charge in [-0.25, -0.2) is 4.79 Å². The number of carbonyl (C=O) groups is 5. The molecule has 1 aliphatic heterocycles. The fourth-order valence-corrected chi connectivity index (χ4v) is 8.32. The largest absolute Gasteiger partial charge is 0.466 e. The summed E-state index contributed by atoms with van der Waals surface area (Å²) in [7, 11) is 0. The zero-order valence-corrected chi connectivity index (χ0v) is 53.9. The smallest absolute Gasteiger partial charge is 0.407 e. The van der Waals surface area contributed by atoms with Crippen LogP contribution in [0.4, 0.5) is 4.79 Å². The minimum absolute atomic E-state index is 0. The number of nitrogens with one attached hydrogen (secondary N) is 1. The summed E-state index contributed by atoms with van der Waals surface area (Å²) in [6.07, 6.45) is 33.4. The number of hydrogen-bond acceptors (Lipinski definition) is 13. The van der Waals surface area contributed by atoms with Gasteiger partial charge in [-0.05, 0) is 138 Å². The Hall–Kier alpha value is -3.49. The van der Waals surface area contributed by atoms with Crippen molar-refractivity contribution in [1.29, 1.82) is 0 Å². The van der Waals surface area contributed by atoms with Gasteiger partial charge < -0.3 is 43.4 Å². The van der Waals surface area contributed by atoms with E-state index in [1.165, 1.54) is 101 Å². The molecular formula is C66H128N2O12. The van der Waals surface area contributed by atoms with Crippen molar-refractivity contribution in [1.82, 2.24) is 10.2 Å². The highest BCUT2D eigenvalue weighted by molar-refractivity contribution is 5.71. The summed E-state index contributed by atoms with van der Waals surface area (Å²) in [5.74, 6) is -1.13. The Morgan fingerprint density at radius 3 is 1.51 bits per heavy atom. The average molecular weight is 1140 g/mol. The van der Waals surface area contributed by atoms with E-state index in [1.807, 2.05) is 6.92 Å². The highest BCUT2D eigenvalue weighted by atomic mass is 16.7. The van der Waals surface area contributed by atoms with Gasteiger partial charge in [-0.15, -0.1) is 0 Å². The molecule has 1 N–H and O–H groups in total. The predicted molar refractivity (Wildman–Crippen MR) is 332 cm³/mol. The molecule has 1 heterocycles. The monoisotopic (exact) mass is 1140 g/mol. The Bertz CT molecular complexity index is 1480. The fourth-order valence-electron chi connectivity index (χ4n) is 8.32. The number of alkyl carbamates (subject to hydrolysis) is 1. The molecule has 14 nitrogen and oxygen atoms in total. The lowest BCUT2D eigenvalue weighted by atomic mass is 9.98. The summed E-state index contributed by atoms with van der Waals surface area (Å²) in [6.45, 7) is 30.8. The van der Waals surface area contributed by atoms with Crippen LogP contribution in [0.5, 0.6) is 0 Å². The second-order valence-corrected chi connectivity index (χ2v) is 22.1. The fraction of sp³-hybridized carbons (Fsp3) is 0.864. The van der Waals surface area contributed by atoms with Gasteiger partial charge in [-0.2, -0.15) is 0 Å². The molecule has 14 heteroatoms. The lowest BCUT2D eigenvalue weighted by Crippen LogP contribution is -2.35. The molecule has 1 aliphatic rings. The first kappa shape index (κ1) is 80.7. The minimum atomic E-state index is -0.546.